The van der Waals surface area contributed by atoms with Crippen molar-refractivity contribution < 1.29 is 9.53 Å². The van der Waals surface area contributed by atoms with E-state index in [1.807, 2.05) is 0 Å². The summed E-state index contributed by atoms with van der Waals surface area (Å²) in [7, 11) is 3.69. The first-order chi connectivity index (χ1) is 3.72. The Kier molecular flexibility index (Phi) is 3.46. The molecular weight excluding hydrogens is 123 g/mol. The van der Waals surface area contributed by atoms with Crippen LogP contribution in [0.3, 0.4) is 0 Å². The minimum Gasteiger partial charge on any atom is -0.466 e. The Balaban J connectivity index is 3.83. The zero-order valence-corrected chi connectivity index (χ0v) is 6.13. The summed E-state index contributed by atoms with van der Waals surface area (Å²) in [5.41, 5.74) is 0.609. The summed E-state index contributed by atoms with van der Waals surface area (Å²) in [5.74, 6) is 1.35. The molecule has 2 nitrogen and oxygen atoms in total. The number of hydrogen-bond donors (Lipinski definition) is 0. The zero-order chi connectivity index (χ0) is 6.57. The third-order valence-corrected chi connectivity index (χ3v) is 1.26. The molecule has 46 valence electrons. The molecule has 0 aromatic carbocycles. The molecule has 0 aromatic rings. The first-order valence-electron chi connectivity index (χ1n) is 2.19. The Morgan fingerprint density at radius 1 is 1.75 bits per heavy atom. The molecule has 0 aromatic heterocycles. The molecule has 0 saturated heterocycles. The molecule has 0 radical (unpaired) electrons. The molecule has 0 aliphatic rings. The van der Waals surface area contributed by atoms with Crippen LogP contribution in [0.2, 0.25) is 0 Å². The lowest BCUT2D eigenvalue weighted by Crippen LogP contribution is -1.99. The molecule has 0 fully saturated rings. The summed E-state index contributed by atoms with van der Waals surface area (Å²) in [4.78, 5) is 10.4. The van der Waals surface area contributed by atoms with E-state index in [1.165, 1.54) is 7.11 Å². The Bertz CT molecular complexity index is 118. The first kappa shape index (κ1) is 7.64. The van der Waals surface area contributed by atoms with Gasteiger partial charge >= 0.3 is 5.97 Å². The summed E-state index contributed by atoms with van der Waals surface area (Å²) in [6.07, 6.45) is 0. The van der Waals surface area contributed by atoms with Crippen LogP contribution in [0.1, 0.15) is 6.92 Å². The Morgan fingerprint density at radius 2 is 2.25 bits per heavy atom. The maximum atomic E-state index is 10.4. The Hall–Kier alpha value is -0.360. The van der Waals surface area contributed by atoms with E-state index in [2.05, 4.69) is 14.0 Å². The van der Waals surface area contributed by atoms with Gasteiger partial charge in [-0.1, -0.05) is 5.82 Å². The van der Waals surface area contributed by atoms with Gasteiger partial charge in [0.2, 0.25) is 0 Å². The van der Waals surface area contributed by atoms with Gasteiger partial charge in [0, 0.05) is 5.57 Å². The predicted octanol–water partition coefficient (Wildman–Crippen LogP) is 0.938. The van der Waals surface area contributed by atoms with Gasteiger partial charge in [-0.3, -0.25) is 0 Å². The van der Waals surface area contributed by atoms with E-state index in [9.17, 15) is 4.79 Å². The second-order valence-corrected chi connectivity index (χ2v) is 1.67. The minimum atomic E-state index is -0.278. The SMILES string of the molecule is COC(=O)C(C)=CP. The van der Waals surface area contributed by atoms with Crippen LogP contribution in [0, 0.1) is 0 Å². The largest absolute Gasteiger partial charge is 0.466 e. The lowest BCUT2D eigenvalue weighted by molar-refractivity contribution is -0.136. The third-order valence-electron chi connectivity index (χ3n) is 0.757. The van der Waals surface area contributed by atoms with Crippen LogP contribution < -0.4 is 0 Å². The molecule has 0 rings (SSSR count). The van der Waals surface area contributed by atoms with Crippen molar-refractivity contribution in [1.29, 1.82) is 0 Å². The highest BCUT2D eigenvalue weighted by atomic mass is 31.0. The number of hydrogen-bond acceptors (Lipinski definition) is 2. The van der Waals surface area contributed by atoms with Crippen molar-refractivity contribution in [2.45, 2.75) is 6.92 Å². The second-order valence-electron chi connectivity index (χ2n) is 1.34. The third kappa shape index (κ3) is 2.08. The average Bonchev–Trinajstić information content (AvgIpc) is 1.84. The van der Waals surface area contributed by atoms with E-state index in [4.69, 9.17) is 0 Å². The van der Waals surface area contributed by atoms with E-state index in [0.29, 0.717) is 5.57 Å². The molecular formula is C5H9O2P. The van der Waals surface area contributed by atoms with Crippen LogP contribution in [0.5, 0.6) is 0 Å². The van der Waals surface area contributed by atoms with Crippen molar-refractivity contribution >= 4 is 15.2 Å². The monoisotopic (exact) mass is 132 g/mol. The smallest absolute Gasteiger partial charge is 0.333 e. The summed E-state index contributed by atoms with van der Waals surface area (Å²) >= 11 is 0. The fourth-order valence-electron chi connectivity index (χ4n) is 0.229. The lowest BCUT2D eigenvalue weighted by Gasteiger charge is -1.93. The van der Waals surface area contributed by atoms with Crippen LogP contribution in [0.4, 0.5) is 0 Å². The molecule has 0 heterocycles. The highest BCUT2D eigenvalue weighted by Gasteiger charge is 1.98. The van der Waals surface area contributed by atoms with Gasteiger partial charge < -0.3 is 4.74 Å². The van der Waals surface area contributed by atoms with Crippen LogP contribution in [-0.2, 0) is 9.53 Å². The molecule has 1 unspecified atom stereocenters. The predicted molar refractivity (Wildman–Crippen MR) is 35.5 cm³/mol. The van der Waals surface area contributed by atoms with Gasteiger partial charge in [0.05, 0.1) is 7.11 Å². The Morgan fingerprint density at radius 3 is 2.38 bits per heavy atom. The van der Waals surface area contributed by atoms with Crippen molar-refractivity contribution in [3.05, 3.63) is 11.4 Å². The normalized spacial score (nSPS) is 11.1. The fraction of sp³-hybridized carbons (Fsp3) is 0.400. The van der Waals surface area contributed by atoms with Crippen LogP contribution >= 0.6 is 9.24 Å². The number of ether oxygens (including phenoxy) is 1. The molecule has 1 atom stereocenters. The molecule has 0 saturated carbocycles. The highest BCUT2D eigenvalue weighted by Crippen LogP contribution is 1.98. The number of carbonyl (C=O) groups is 1. The number of methoxy groups -OCH3 is 1. The van der Waals surface area contributed by atoms with Gasteiger partial charge in [0.15, 0.2) is 0 Å². The van der Waals surface area contributed by atoms with Gasteiger partial charge in [0.25, 0.3) is 0 Å². The maximum absolute atomic E-state index is 10.4. The zero-order valence-electron chi connectivity index (χ0n) is 4.97. The summed E-state index contributed by atoms with van der Waals surface area (Å²) in [5, 5.41) is 0. The number of rotatable bonds is 1. The summed E-state index contributed by atoms with van der Waals surface area (Å²) in [6, 6.07) is 0. The molecule has 0 aliphatic carbocycles. The second kappa shape index (κ2) is 3.62. The van der Waals surface area contributed by atoms with Crippen LogP contribution in [-0.4, -0.2) is 13.1 Å². The van der Waals surface area contributed by atoms with E-state index in [0.717, 1.165) is 0 Å². The molecule has 3 heteroatoms. The van der Waals surface area contributed by atoms with E-state index in [1.54, 1.807) is 12.7 Å². The van der Waals surface area contributed by atoms with Gasteiger partial charge in [0.1, 0.15) is 0 Å². The van der Waals surface area contributed by atoms with Crippen molar-refractivity contribution in [3.8, 4) is 0 Å². The van der Waals surface area contributed by atoms with E-state index in [-0.39, 0.29) is 5.97 Å². The van der Waals surface area contributed by atoms with Crippen LogP contribution in [0.25, 0.3) is 0 Å². The van der Waals surface area contributed by atoms with Gasteiger partial charge in [-0.15, -0.1) is 9.24 Å². The van der Waals surface area contributed by atoms with Gasteiger partial charge in [-0.05, 0) is 6.92 Å². The van der Waals surface area contributed by atoms with E-state index < -0.39 is 0 Å². The van der Waals surface area contributed by atoms with Gasteiger partial charge in [-0.25, -0.2) is 4.79 Å². The quantitative estimate of drug-likeness (QED) is 0.301. The van der Waals surface area contributed by atoms with Crippen molar-refractivity contribution in [2.24, 2.45) is 0 Å². The van der Waals surface area contributed by atoms with Crippen molar-refractivity contribution in [3.63, 3.8) is 0 Å². The topological polar surface area (TPSA) is 26.3 Å². The standard InChI is InChI=1S/C5H9O2P/c1-4(3-8)5(6)7-2/h3H,8H2,1-2H3. The molecule has 8 heavy (non-hydrogen) atoms. The Labute approximate surface area is 51.1 Å². The molecule has 0 aliphatic heterocycles. The fourth-order valence-corrected chi connectivity index (χ4v) is 0.365. The van der Waals surface area contributed by atoms with Gasteiger partial charge in [-0.2, -0.15) is 0 Å². The molecule has 0 amide bonds. The van der Waals surface area contributed by atoms with E-state index >= 15 is 0 Å². The molecule has 0 bridgehead atoms. The average molecular weight is 132 g/mol. The van der Waals surface area contributed by atoms with Crippen molar-refractivity contribution in [2.75, 3.05) is 7.11 Å². The molecule has 0 N–H and O–H groups in total. The number of carbonyl (C=O) groups excluding carboxylic acids is 1. The summed E-state index contributed by atoms with van der Waals surface area (Å²) < 4.78 is 4.38. The minimum absolute atomic E-state index is 0.278. The molecule has 0 spiro atoms. The van der Waals surface area contributed by atoms with Crippen LogP contribution in [0.15, 0.2) is 11.4 Å². The number of esters is 1. The van der Waals surface area contributed by atoms with Crippen molar-refractivity contribution in [1.82, 2.24) is 0 Å². The highest BCUT2D eigenvalue weighted by molar-refractivity contribution is 7.20. The summed E-state index contributed by atoms with van der Waals surface area (Å²) in [6.45, 7) is 1.69. The maximum Gasteiger partial charge on any atom is 0.333 e. The first-order valence-corrected chi connectivity index (χ1v) is 2.86. The lowest BCUT2D eigenvalue weighted by atomic mass is 10.4.